The monoisotopic (exact) mass is 287 g/mol. The fraction of sp³-hybridized carbons (Fsp3) is 0.412. The van der Waals surface area contributed by atoms with Gasteiger partial charge in [-0.15, -0.1) is 0 Å². The van der Waals surface area contributed by atoms with Crippen LogP contribution in [0.1, 0.15) is 30.0 Å². The van der Waals surface area contributed by atoms with E-state index in [0.29, 0.717) is 6.42 Å². The minimum atomic E-state index is -0.379. The van der Waals surface area contributed by atoms with Gasteiger partial charge in [-0.25, -0.2) is 0 Å². The van der Waals surface area contributed by atoms with Crippen molar-refractivity contribution in [1.82, 2.24) is 5.32 Å². The third kappa shape index (κ3) is 5.70. The standard InChI is InChI=1S/C17H21NO3/c1-5-6-16(19)18-15(11-17(20)21-4)10-14-8-7-12(2)9-13(14)3/h7-9,15H,10-11H2,1-4H3,(H,18,19). The average molecular weight is 287 g/mol. The van der Waals surface area contributed by atoms with Crippen LogP contribution in [-0.4, -0.2) is 25.0 Å². The maximum absolute atomic E-state index is 11.6. The first-order valence-electron chi connectivity index (χ1n) is 6.82. The maximum atomic E-state index is 11.6. The van der Waals surface area contributed by atoms with Crippen LogP contribution in [0.3, 0.4) is 0 Å². The minimum Gasteiger partial charge on any atom is -0.469 e. The molecule has 4 heteroatoms. The summed E-state index contributed by atoms with van der Waals surface area (Å²) < 4.78 is 4.68. The highest BCUT2D eigenvalue weighted by molar-refractivity contribution is 5.93. The van der Waals surface area contributed by atoms with Gasteiger partial charge in [-0.1, -0.05) is 29.7 Å². The lowest BCUT2D eigenvalue weighted by Gasteiger charge is -2.18. The van der Waals surface area contributed by atoms with Crippen LogP contribution in [0.15, 0.2) is 18.2 Å². The molecule has 0 radical (unpaired) electrons. The van der Waals surface area contributed by atoms with E-state index in [1.165, 1.54) is 12.7 Å². The van der Waals surface area contributed by atoms with E-state index in [9.17, 15) is 9.59 Å². The summed E-state index contributed by atoms with van der Waals surface area (Å²) in [6.07, 6.45) is 0.694. The van der Waals surface area contributed by atoms with Crippen LogP contribution in [-0.2, 0) is 20.7 Å². The molecule has 1 aromatic carbocycles. The smallest absolute Gasteiger partial charge is 0.307 e. The second-order valence-electron chi connectivity index (χ2n) is 4.96. The molecule has 0 aliphatic rings. The summed E-state index contributed by atoms with van der Waals surface area (Å²) in [7, 11) is 1.34. The molecule has 0 saturated heterocycles. The number of esters is 1. The summed E-state index contributed by atoms with van der Waals surface area (Å²) in [6, 6.07) is 5.79. The van der Waals surface area contributed by atoms with E-state index in [0.717, 1.165) is 11.1 Å². The number of nitrogens with one attached hydrogen (secondary N) is 1. The van der Waals surface area contributed by atoms with Crippen molar-refractivity contribution in [2.45, 2.75) is 39.7 Å². The van der Waals surface area contributed by atoms with Gasteiger partial charge in [0.2, 0.25) is 0 Å². The molecule has 21 heavy (non-hydrogen) atoms. The van der Waals surface area contributed by atoms with Gasteiger partial charge in [0.25, 0.3) is 5.91 Å². The highest BCUT2D eigenvalue weighted by atomic mass is 16.5. The van der Waals surface area contributed by atoms with E-state index in [1.54, 1.807) is 6.92 Å². The van der Waals surface area contributed by atoms with Crippen LogP contribution < -0.4 is 5.32 Å². The summed E-state index contributed by atoms with van der Waals surface area (Å²) in [5.74, 6) is 4.24. The molecular weight excluding hydrogens is 266 g/mol. The molecule has 1 amide bonds. The van der Waals surface area contributed by atoms with Crippen LogP contribution >= 0.6 is 0 Å². The van der Waals surface area contributed by atoms with Gasteiger partial charge in [-0.3, -0.25) is 9.59 Å². The molecule has 1 rings (SSSR count). The molecule has 0 heterocycles. The van der Waals surface area contributed by atoms with Crippen LogP contribution in [0.4, 0.5) is 0 Å². The van der Waals surface area contributed by atoms with E-state index >= 15 is 0 Å². The third-order valence-electron chi connectivity index (χ3n) is 3.18. The van der Waals surface area contributed by atoms with Crippen molar-refractivity contribution in [3.05, 3.63) is 34.9 Å². The van der Waals surface area contributed by atoms with Crippen LogP contribution in [0, 0.1) is 25.7 Å². The molecule has 0 fully saturated rings. The van der Waals surface area contributed by atoms with Crippen molar-refractivity contribution in [3.63, 3.8) is 0 Å². The summed E-state index contributed by atoms with van der Waals surface area (Å²) in [6.45, 7) is 5.64. The van der Waals surface area contributed by atoms with E-state index in [1.807, 2.05) is 26.0 Å². The molecule has 1 aromatic rings. The van der Waals surface area contributed by atoms with E-state index in [-0.39, 0.29) is 24.3 Å². The number of amides is 1. The largest absolute Gasteiger partial charge is 0.469 e. The van der Waals surface area contributed by atoms with Crippen LogP contribution in [0.5, 0.6) is 0 Å². The van der Waals surface area contributed by atoms with Crippen molar-refractivity contribution >= 4 is 11.9 Å². The van der Waals surface area contributed by atoms with Gasteiger partial charge >= 0.3 is 5.97 Å². The Morgan fingerprint density at radius 2 is 2.05 bits per heavy atom. The predicted octanol–water partition coefficient (Wildman–Crippen LogP) is 1.92. The van der Waals surface area contributed by atoms with E-state index in [4.69, 9.17) is 0 Å². The first kappa shape index (κ1) is 16.8. The minimum absolute atomic E-state index is 0.126. The maximum Gasteiger partial charge on any atom is 0.307 e. The summed E-state index contributed by atoms with van der Waals surface area (Å²) in [4.78, 5) is 23.1. The molecule has 4 nitrogen and oxygen atoms in total. The zero-order valence-corrected chi connectivity index (χ0v) is 12.9. The van der Waals surface area contributed by atoms with E-state index in [2.05, 4.69) is 28.0 Å². The zero-order chi connectivity index (χ0) is 15.8. The lowest BCUT2D eigenvalue weighted by Crippen LogP contribution is -2.37. The van der Waals surface area contributed by atoms with Gasteiger partial charge in [0.1, 0.15) is 0 Å². The molecule has 112 valence electrons. The molecule has 1 unspecified atom stereocenters. The molecule has 0 aromatic heterocycles. The number of methoxy groups -OCH3 is 1. The highest BCUT2D eigenvalue weighted by Gasteiger charge is 2.17. The number of hydrogen-bond acceptors (Lipinski definition) is 3. The van der Waals surface area contributed by atoms with Gasteiger partial charge in [0.15, 0.2) is 0 Å². The lowest BCUT2D eigenvalue weighted by molar-refractivity contribution is -0.141. The second kappa shape index (κ2) is 8.11. The van der Waals surface area contributed by atoms with Gasteiger partial charge in [0, 0.05) is 6.04 Å². The molecule has 1 atom stereocenters. The van der Waals surface area contributed by atoms with Crippen LogP contribution in [0.2, 0.25) is 0 Å². The van der Waals surface area contributed by atoms with Crippen molar-refractivity contribution in [3.8, 4) is 11.8 Å². The van der Waals surface area contributed by atoms with Crippen LogP contribution in [0.25, 0.3) is 0 Å². The molecule has 0 bridgehead atoms. The average Bonchev–Trinajstić information content (AvgIpc) is 2.41. The zero-order valence-electron chi connectivity index (χ0n) is 12.9. The molecular formula is C17H21NO3. The first-order valence-corrected chi connectivity index (χ1v) is 6.82. The summed E-state index contributed by atoms with van der Waals surface area (Å²) in [5.41, 5.74) is 3.42. The summed E-state index contributed by atoms with van der Waals surface area (Å²) in [5, 5.41) is 2.76. The van der Waals surface area contributed by atoms with Crippen molar-refractivity contribution in [2.75, 3.05) is 7.11 Å². The fourth-order valence-electron chi connectivity index (χ4n) is 2.13. The number of ether oxygens (including phenoxy) is 1. The second-order valence-corrected chi connectivity index (χ2v) is 4.96. The normalized spacial score (nSPS) is 11.0. The Hall–Kier alpha value is -2.28. The number of rotatable bonds is 5. The van der Waals surface area contributed by atoms with Gasteiger partial charge in [-0.05, 0) is 44.2 Å². The number of benzene rings is 1. The SMILES string of the molecule is CC#CC(=O)NC(CC(=O)OC)Cc1ccc(C)cc1C. The Labute approximate surface area is 125 Å². The Bertz CT molecular complexity index is 581. The molecule has 0 spiro atoms. The van der Waals surface area contributed by atoms with Gasteiger partial charge in [0.05, 0.1) is 13.5 Å². The number of carbonyl (C=O) groups is 2. The first-order chi connectivity index (χ1) is 9.96. The number of carbonyl (C=O) groups excluding carboxylic acids is 2. The Balaban J connectivity index is 2.86. The van der Waals surface area contributed by atoms with Crippen molar-refractivity contribution < 1.29 is 14.3 Å². The number of aryl methyl sites for hydroxylation is 2. The highest BCUT2D eigenvalue weighted by Crippen LogP contribution is 2.14. The van der Waals surface area contributed by atoms with Gasteiger partial charge < -0.3 is 10.1 Å². The molecule has 0 saturated carbocycles. The predicted molar refractivity (Wildman–Crippen MR) is 81.6 cm³/mol. The van der Waals surface area contributed by atoms with Crippen molar-refractivity contribution in [2.24, 2.45) is 0 Å². The lowest BCUT2D eigenvalue weighted by atomic mass is 9.97. The molecule has 0 aliphatic carbocycles. The Kier molecular flexibility index (Phi) is 6.48. The number of hydrogen-bond donors (Lipinski definition) is 1. The van der Waals surface area contributed by atoms with Gasteiger partial charge in [-0.2, -0.15) is 0 Å². The molecule has 1 N–H and O–H groups in total. The summed E-state index contributed by atoms with van der Waals surface area (Å²) >= 11 is 0. The Morgan fingerprint density at radius 3 is 2.62 bits per heavy atom. The Morgan fingerprint density at radius 1 is 1.33 bits per heavy atom. The third-order valence-corrected chi connectivity index (χ3v) is 3.18. The van der Waals surface area contributed by atoms with Crippen molar-refractivity contribution in [1.29, 1.82) is 0 Å². The quantitative estimate of drug-likeness (QED) is 0.665. The topological polar surface area (TPSA) is 55.4 Å². The fourth-order valence-corrected chi connectivity index (χ4v) is 2.13. The van der Waals surface area contributed by atoms with E-state index < -0.39 is 0 Å². The molecule has 0 aliphatic heterocycles.